The first kappa shape index (κ1) is 18.9. The monoisotopic (exact) mass is 391 g/mol. The van der Waals surface area contributed by atoms with Crippen LogP contribution < -0.4 is 11.1 Å². The van der Waals surface area contributed by atoms with Gasteiger partial charge < -0.3 is 16.0 Å². The molecule has 6 heteroatoms. The second kappa shape index (κ2) is 7.54. The molecule has 0 fully saturated rings. The van der Waals surface area contributed by atoms with E-state index in [2.05, 4.69) is 16.9 Å². The number of benzene rings is 2. The standard InChI is InChI=1S/C23H22FN3O2/c1-2-19(28)26-14-8-6-7-13(11-14)20-17(24)12-16(23(25)29)22-21(20)15-9-4-3-5-10-18(15)27-22/h2,6-8,11-12,27H,1,3-5,9-10H2,(H2,25,29)(H,26,28). The zero-order valence-electron chi connectivity index (χ0n) is 16.0. The van der Waals surface area contributed by atoms with Crippen molar-refractivity contribution in [1.82, 2.24) is 4.98 Å². The van der Waals surface area contributed by atoms with E-state index in [1.165, 1.54) is 12.1 Å². The summed E-state index contributed by atoms with van der Waals surface area (Å²) in [6.45, 7) is 3.45. The number of carbonyl (C=O) groups is 2. The van der Waals surface area contributed by atoms with Gasteiger partial charge in [0.25, 0.3) is 5.91 Å². The van der Waals surface area contributed by atoms with Crippen molar-refractivity contribution in [1.29, 1.82) is 0 Å². The number of aryl methyl sites for hydroxylation is 2. The number of nitrogens with one attached hydrogen (secondary N) is 2. The van der Waals surface area contributed by atoms with Crippen LogP contribution in [0.3, 0.4) is 0 Å². The fourth-order valence-electron chi connectivity index (χ4n) is 4.15. The molecule has 1 aliphatic rings. The third kappa shape index (κ3) is 3.42. The van der Waals surface area contributed by atoms with E-state index < -0.39 is 11.7 Å². The number of rotatable bonds is 4. The Bertz CT molecular complexity index is 1150. The molecule has 148 valence electrons. The van der Waals surface area contributed by atoms with Gasteiger partial charge in [-0.2, -0.15) is 0 Å². The lowest BCUT2D eigenvalue weighted by atomic mass is 9.93. The van der Waals surface area contributed by atoms with Gasteiger partial charge in [0.2, 0.25) is 5.91 Å². The number of hydrogen-bond acceptors (Lipinski definition) is 2. The molecule has 3 aromatic rings. The Morgan fingerprint density at radius 1 is 1.17 bits per heavy atom. The van der Waals surface area contributed by atoms with Crippen LogP contribution in [0.25, 0.3) is 22.0 Å². The molecule has 2 amide bonds. The van der Waals surface area contributed by atoms with Crippen molar-refractivity contribution in [3.8, 4) is 11.1 Å². The zero-order chi connectivity index (χ0) is 20.5. The number of nitrogens with two attached hydrogens (primary N) is 1. The molecular weight excluding hydrogens is 369 g/mol. The maximum absolute atomic E-state index is 15.3. The molecule has 5 nitrogen and oxygen atoms in total. The van der Waals surface area contributed by atoms with Crippen molar-refractivity contribution >= 4 is 28.4 Å². The highest BCUT2D eigenvalue weighted by molar-refractivity contribution is 6.11. The number of halogens is 1. The maximum Gasteiger partial charge on any atom is 0.250 e. The molecule has 0 atom stereocenters. The third-order valence-corrected chi connectivity index (χ3v) is 5.44. The molecule has 29 heavy (non-hydrogen) atoms. The number of anilines is 1. The summed E-state index contributed by atoms with van der Waals surface area (Å²) in [6.07, 6.45) is 6.03. The van der Waals surface area contributed by atoms with Crippen molar-refractivity contribution in [3.05, 3.63) is 65.6 Å². The lowest BCUT2D eigenvalue weighted by Crippen LogP contribution is -2.12. The van der Waals surface area contributed by atoms with Crippen LogP contribution in [0.4, 0.5) is 10.1 Å². The van der Waals surface area contributed by atoms with Gasteiger partial charge in [0.05, 0.1) is 11.1 Å². The first-order valence-electron chi connectivity index (χ1n) is 9.69. The molecule has 1 aliphatic carbocycles. The topological polar surface area (TPSA) is 88.0 Å². The number of primary amides is 1. The van der Waals surface area contributed by atoms with E-state index in [0.29, 0.717) is 27.7 Å². The first-order chi connectivity index (χ1) is 14.0. The molecule has 0 bridgehead atoms. The Morgan fingerprint density at radius 2 is 1.97 bits per heavy atom. The first-order valence-corrected chi connectivity index (χ1v) is 9.69. The van der Waals surface area contributed by atoms with Crippen LogP contribution >= 0.6 is 0 Å². The summed E-state index contributed by atoms with van der Waals surface area (Å²) in [4.78, 5) is 27.0. The van der Waals surface area contributed by atoms with Crippen LogP contribution in [0.5, 0.6) is 0 Å². The summed E-state index contributed by atoms with van der Waals surface area (Å²) in [5.41, 5.74) is 9.96. The number of carbonyl (C=O) groups excluding carboxylic acids is 2. The third-order valence-electron chi connectivity index (χ3n) is 5.44. The average Bonchev–Trinajstić information content (AvgIpc) is 2.89. The van der Waals surface area contributed by atoms with Crippen molar-refractivity contribution in [3.63, 3.8) is 0 Å². The van der Waals surface area contributed by atoms with E-state index in [1.54, 1.807) is 24.3 Å². The van der Waals surface area contributed by atoms with Gasteiger partial charge in [-0.25, -0.2) is 4.39 Å². The summed E-state index contributed by atoms with van der Waals surface area (Å²) in [6, 6.07) is 8.20. The SMILES string of the molecule is C=CC(=O)Nc1cccc(-c2c(F)cc(C(N)=O)c3[nH]c4c(c23)CCCCC4)c1. The number of H-pyrrole nitrogens is 1. The molecule has 0 unspecified atom stereocenters. The lowest BCUT2D eigenvalue weighted by molar-refractivity contribution is -0.111. The van der Waals surface area contributed by atoms with Crippen molar-refractivity contribution in [2.24, 2.45) is 5.73 Å². The Labute approximate surface area is 167 Å². The van der Waals surface area contributed by atoms with Crippen molar-refractivity contribution < 1.29 is 14.0 Å². The molecule has 0 radical (unpaired) electrons. The summed E-state index contributed by atoms with van der Waals surface area (Å²) in [7, 11) is 0. The molecule has 0 aliphatic heterocycles. The average molecular weight is 391 g/mol. The van der Waals surface area contributed by atoms with E-state index >= 15 is 4.39 Å². The lowest BCUT2D eigenvalue weighted by Gasteiger charge is -2.12. The van der Waals surface area contributed by atoms with Gasteiger partial charge in [0.1, 0.15) is 5.82 Å². The zero-order valence-corrected chi connectivity index (χ0v) is 16.0. The Kier molecular flexibility index (Phi) is 4.92. The van der Waals surface area contributed by atoms with E-state index in [0.717, 1.165) is 43.4 Å². The van der Waals surface area contributed by atoms with Crippen LogP contribution in [-0.4, -0.2) is 16.8 Å². The fraction of sp³-hybridized carbons (Fsp3) is 0.217. The second-order valence-electron chi connectivity index (χ2n) is 7.31. The fourth-order valence-corrected chi connectivity index (χ4v) is 4.15. The quantitative estimate of drug-likeness (QED) is 0.453. The maximum atomic E-state index is 15.3. The molecular formula is C23H22FN3O2. The minimum Gasteiger partial charge on any atom is -0.366 e. The van der Waals surface area contributed by atoms with Gasteiger partial charge in [-0.1, -0.05) is 25.1 Å². The van der Waals surface area contributed by atoms with Gasteiger partial charge in [0, 0.05) is 22.3 Å². The highest BCUT2D eigenvalue weighted by Crippen LogP contribution is 2.39. The van der Waals surface area contributed by atoms with Gasteiger partial charge in [0.15, 0.2) is 0 Å². The molecule has 1 heterocycles. The predicted molar refractivity (Wildman–Crippen MR) is 112 cm³/mol. The number of fused-ring (bicyclic) bond motifs is 3. The van der Waals surface area contributed by atoms with Gasteiger partial charge in [-0.15, -0.1) is 0 Å². The van der Waals surface area contributed by atoms with Crippen LogP contribution in [0.1, 0.15) is 40.9 Å². The Balaban J connectivity index is 1.98. The van der Waals surface area contributed by atoms with Gasteiger partial charge in [-0.3, -0.25) is 9.59 Å². The van der Waals surface area contributed by atoms with Crippen LogP contribution in [0.15, 0.2) is 43.0 Å². The number of aromatic nitrogens is 1. The molecule has 0 spiro atoms. The smallest absolute Gasteiger partial charge is 0.250 e. The van der Waals surface area contributed by atoms with Crippen molar-refractivity contribution in [2.45, 2.75) is 32.1 Å². The van der Waals surface area contributed by atoms with E-state index in [-0.39, 0.29) is 11.5 Å². The number of aromatic amines is 1. The normalized spacial score (nSPS) is 13.6. The number of hydrogen-bond donors (Lipinski definition) is 3. The predicted octanol–water partition coefficient (Wildman–Crippen LogP) is 4.47. The van der Waals surface area contributed by atoms with E-state index in [9.17, 15) is 9.59 Å². The summed E-state index contributed by atoms with van der Waals surface area (Å²) in [5.74, 6) is -1.51. The Hall–Kier alpha value is -3.41. The minimum atomic E-state index is -0.663. The van der Waals surface area contributed by atoms with Crippen molar-refractivity contribution in [2.75, 3.05) is 5.32 Å². The minimum absolute atomic E-state index is 0.158. The van der Waals surface area contributed by atoms with E-state index in [1.807, 2.05) is 0 Å². The van der Waals surface area contributed by atoms with Crippen LogP contribution in [0, 0.1) is 5.82 Å². The largest absolute Gasteiger partial charge is 0.366 e. The summed E-state index contributed by atoms with van der Waals surface area (Å²) < 4.78 is 15.3. The molecule has 2 aromatic carbocycles. The summed E-state index contributed by atoms with van der Waals surface area (Å²) in [5, 5.41) is 3.41. The van der Waals surface area contributed by atoms with Gasteiger partial charge in [-0.05, 0) is 61.1 Å². The van der Waals surface area contributed by atoms with Gasteiger partial charge >= 0.3 is 0 Å². The molecule has 0 saturated heterocycles. The number of amides is 2. The van der Waals surface area contributed by atoms with E-state index in [4.69, 9.17) is 5.73 Å². The Morgan fingerprint density at radius 3 is 2.72 bits per heavy atom. The van der Waals surface area contributed by atoms with Crippen LogP contribution in [0.2, 0.25) is 0 Å². The molecule has 1 aromatic heterocycles. The molecule has 4 rings (SSSR count). The second-order valence-corrected chi connectivity index (χ2v) is 7.31. The summed E-state index contributed by atoms with van der Waals surface area (Å²) >= 11 is 0. The molecule has 4 N–H and O–H groups in total. The van der Waals surface area contributed by atoms with Crippen LogP contribution in [-0.2, 0) is 17.6 Å². The highest BCUT2D eigenvalue weighted by atomic mass is 19.1. The highest BCUT2D eigenvalue weighted by Gasteiger charge is 2.24. The molecule has 0 saturated carbocycles.